The first-order valence-corrected chi connectivity index (χ1v) is 8.68. The number of amides is 2. The van der Waals surface area contributed by atoms with E-state index in [0.717, 1.165) is 5.69 Å². The number of hydrogen-bond donors (Lipinski definition) is 3. The summed E-state index contributed by atoms with van der Waals surface area (Å²) in [6, 6.07) is 2.46. The van der Waals surface area contributed by atoms with Gasteiger partial charge in [-0.2, -0.15) is 0 Å². The van der Waals surface area contributed by atoms with E-state index in [1.807, 2.05) is 26.0 Å². The topological polar surface area (TPSA) is 116 Å². The van der Waals surface area contributed by atoms with Gasteiger partial charge in [-0.3, -0.25) is 9.59 Å². The zero-order valence-corrected chi connectivity index (χ0v) is 15.1. The number of aromatic amines is 1. The predicted octanol–water partition coefficient (Wildman–Crippen LogP) is 0.178. The molecule has 0 bridgehead atoms. The summed E-state index contributed by atoms with van der Waals surface area (Å²) < 4.78 is 1.54. The quantitative estimate of drug-likeness (QED) is 0.703. The van der Waals surface area contributed by atoms with Crippen molar-refractivity contribution < 1.29 is 14.7 Å². The maximum Gasteiger partial charge on any atom is 0.248 e. The largest absolute Gasteiger partial charge is 0.391 e. The lowest BCUT2D eigenvalue weighted by Gasteiger charge is -2.29. The summed E-state index contributed by atoms with van der Waals surface area (Å²) in [4.78, 5) is 29.8. The summed E-state index contributed by atoms with van der Waals surface area (Å²) in [5.74, 6) is -0.583. The highest BCUT2D eigenvalue weighted by molar-refractivity contribution is 5.90. The van der Waals surface area contributed by atoms with Crippen LogP contribution in [0.1, 0.15) is 26.3 Å². The van der Waals surface area contributed by atoms with Crippen molar-refractivity contribution in [2.24, 2.45) is 5.92 Å². The van der Waals surface area contributed by atoms with Gasteiger partial charge >= 0.3 is 0 Å². The maximum absolute atomic E-state index is 13.2. The number of carbonyl (C=O) groups excluding carboxylic acids is 2. The van der Waals surface area contributed by atoms with Crippen LogP contribution in [0.4, 0.5) is 0 Å². The SMILES string of the molecule is CNC(=O)C1CC(O)CN1C(=O)C(C(C)C)n1cc(-c2ccc[nH]2)nn1. The standard InChI is InChI=1S/C17H24N6O3/c1-10(2)15(23-9-13(20-21-23)12-5-4-6-19-12)17(26)22-8-11(24)7-14(22)16(25)18-3/h4-6,9-11,14-15,19,24H,7-8H2,1-3H3,(H,18,25). The second kappa shape index (κ2) is 7.28. The minimum absolute atomic E-state index is 0.0660. The molecule has 1 saturated heterocycles. The highest BCUT2D eigenvalue weighted by Crippen LogP contribution is 2.27. The van der Waals surface area contributed by atoms with Gasteiger partial charge in [0, 0.05) is 26.2 Å². The Hall–Kier alpha value is -2.68. The number of H-pyrrole nitrogens is 1. The summed E-state index contributed by atoms with van der Waals surface area (Å²) in [6.07, 6.45) is 3.04. The van der Waals surface area contributed by atoms with Gasteiger partial charge in [0.1, 0.15) is 17.8 Å². The van der Waals surface area contributed by atoms with Gasteiger partial charge in [-0.15, -0.1) is 5.10 Å². The number of β-amino-alcohol motifs (C(OH)–C–C–N with tert-alkyl or cyclic N) is 1. The number of carbonyl (C=O) groups is 2. The lowest BCUT2D eigenvalue weighted by molar-refractivity contribution is -0.142. The number of aromatic nitrogens is 4. The molecule has 26 heavy (non-hydrogen) atoms. The van der Waals surface area contributed by atoms with Gasteiger partial charge in [0.15, 0.2) is 0 Å². The molecule has 1 aliphatic rings. The van der Waals surface area contributed by atoms with Gasteiger partial charge in [-0.1, -0.05) is 19.1 Å². The molecular formula is C17H24N6O3. The molecule has 3 rings (SSSR count). The molecule has 0 aliphatic carbocycles. The minimum atomic E-state index is -0.709. The second-order valence-corrected chi connectivity index (χ2v) is 6.87. The van der Waals surface area contributed by atoms with Crippen molar-refractivity contribution in [1.29, 1.82) is 0 Å². The number of hydrogen-bond acceptors (Lipinski definition) is 5. The van der Waals surface area contributed by atoms with E-state index in [9.17, 15) is 14.7 Å². The molecule has 2 aromatic rings. The van der Waals surface area contributed by atoms with Crippen LogP contribution in [0.15, 0.2) is 24.5 Å². The van der Waals surface area contributed by atoms with Crippen molar-refractivity contribution in [1.82, 2.24) is 30.2 Å². The van der Waals surface area contributed by atoms with Gasteiger partial charge in [0.25, 0.3) is 0 Å². The molecule has 1 aliphatic heterocycles. The monoisotopic (exact) mass is 360 g/mol. The van der Waals surface area contributed by atoms with Crippen LogP contribution in [0, 0.1) is 5.92 Å². The third kappa shape index (κ3) is 3.34. The van der Waals surface area contributed by atoms with Crippen LogP contribution in [0.5, 0.6) is 0 Å². The number of rotatable bonds is 5. The van der Waals surface area contributed by atoms with Gasteiger partial charge in [-0.05, 0) is 18.1 Å². The summed E-state index contributed by atoms with van der Waals surface area (Å²) in [6.45, 7) is 3.97. The fourth-order valence-electron chi connectivity index (χ4n) is 3.37. The molecular weight excluding hydrogens is 336 g/mol. The van der Waals surface area contributed by atoms with E-state index in [4.69, 9.17) is 0 Å². The van der Waals surface area contributed by atoms with Crippen LogP contribution in [0.25, 0.3) is 11.4 Å². The van der Waals surface area contributed by atoms with E-state index in [1.165, 1.54) is 16.6 Å². The normalized spacial score (nSPS) is 21.2. The zero-order valence-electron chi connectivity index (χ0n) is 15.1. The van der Waals surface area contributed by atoms with Crippen molar-refractivity contribution >= 4 is 11.8 Å². The van der Waals surface area contributed by atoms with E-state index in [1.54, 1.807) is 12.4 Å². The molecule has 2 amide bonds. The predicted molar refractivity (Wildman–Crippen MR) is 93.9 cm³/mol. The molecule has 0 aromatic carbocycles. The molecule has 0 radical (unpaired) electrons. The van der Waals surface area contributed by atoms with Crippen molar-refractivity contribution in [3.05, 3.63) is 24.5 Å². The van der Waals surface area contributed by atoms with Crippen LogP contribution in [-0.4, -0.2) is 67.5 Å². The van der Waals surface area contributed by atoms with E-state index in [2.05, 4.69) is 20.6 Å². The number of likely N-dealkylation sites (tertiary alicyclic amines) is 1. The van der Waals surface area contributed by atoms with Crippen LogP contribution < -0.4 is 5.32 Å². The number of nitrogens with one attached hydrogen (secondary N) is 2. The molecule has 3 N–H and O–H groups in total. The molecule has 9 heteroatoms. The molecule has 0 saturated carbocycles. The van der Waals surface area contributed by atoms with Crippen LogP contribution in [0.3, 0.4) is 0 Å². The Morgan fingerprint density at radius 3 is 2.81 bits per heavy atom. The lowest BCUT2D eigenvalue weighted by Crippen LogP contribution is -2.48. The van der Waals surface area contributed by atoms with E-state index in [0.29, 0.717) is 5.69 Å². The average molecular weight is 360 g/mol. The molecule has 3 atom stereocenters. The number of aliphatic hydroxyl groups is 1. The van der Waals surface area contributed by atoms with Crippen LogP contribution >= 0.6 is 0 Å². The summed E-state index contributed by atoms with van der Waals surface area (Å²) >= 11 is 0. The molecule has 0 spiro atoms. The van der Waals surface area contributed by atoms with Crippen molar-refractivity contribution in [3.8, 4) is 11.4 Å². The molecule has 2 aromatic heterocycles. The molecule has 3 heterocycles. The summed E-state index contributed by atoms with van der Waals surface area (Å²) in [5, 5.41) is 20.8. The number of aliphatic hydroxyl groups excluding tert-OH is 1. The maximum atomic E-state index is 13.2. The van der Waals surface area contributed by atoms with Gasteiger partial charge in [0.05, 0.1) is 18.0 Å². The first kappa shape index (κ1) is 18.1. The second-order valence-electron chi connectivity index (χ2n) is 6.87. The van der Waals surface area contributed by atoms with Gasteiger partial charge in [-0.25, -0.2) is 4.68 Å². The Bertz CT molecular complexity index is 769. The van der Waals surface area contributed by atoms with E-state index >= 15 is 0 Å². The van der Waals surface area contributed by atoms with E-state index < -0.39 is 18.2 Å². The smallest absolute Gasteiger partial charge is 0.248 e. The van der Waals surface area contributed by atoms with Crippen LogP contribution in [0.2, 0.25) is 0 Å². The average Bonchev–Trinajstić information content (AvgIpc) is 3.33. The molecule has 3 unspecified atom stereocenters. The summed E-state index contributed by atoms with van der Waals surface area (Å²) in [5.41, 5.74) is 1.45. The first-order valence-electron chi connectivity index (χ1n) is 8.68. The summed E-state index contributed by atoms with van der Waals surface area (Å²) in [7, 11) is 1.52. The van der Waals surface area contributed by atoms with Gasteiger partial charge < -0.3 is 20.3 Å². The van der Waals surface area contributed by atoms with Crippen molar-refractivity contribution in [2.45, 2.75) is 38.5 Å². The fraction of sp³-hybridized carbons (Fsp3) is 0.529. The Morgan fingerprint density at radius 2 is 2.19 bits per heavy atom. The third-order valence-corrected chi connectivity index (χ3v) is 4.66. The Kier molecular flexibility index (Phi) is 5.08. The van der Waals surface area contributed by atoms with E-state index in [-0.39, 0.29) is 30.7 Å². The highest BCUT2D eigenvalue weighted by atomic mass is 16.3. The first-order chi connectivity index (χ1) is 12.4. The van der Waals surface area contributed by atoms with Crippen molar-refractivity contribution in [2.75, 3.05) is 13.6 Å². The number of nitrogens with zero attached hydrogens (tertiary/aromatic N) is 4. The van der Waals surface area contributed by atoms with Crippen molar-refractivity contribution in [3.63, 3.8) is 0 Å². The number of likely N-dealkylation sites (N-methyl/N-ethyl adjacent to an activating group) is 1. The fourth-order valence-corrected chi connectivity index (χ4v) is 3.37. The third-order valence-electron chi connectivity index (χ3n) is 4.66. The highest BCUT2D eigenvalue weighted by Gasteiger charge is 2.42. The zero-order chi connectivity index (χ0) is 18.8. The molecule has 140 valence electrons. The lowest BCUT2D eigenvalue weighted by atomic mass is 10.0. The minimum Gasteiger partial charge on any atom is -0.391 e. The molecule has 9 nitrogen and oxygen atoms in total. The Balaban J connectivity index is 1.88. The Labute approximate surface area is 151 Å². The molecule has 1 fully saturated rings. The van der Waals surface area contributed by atoms with Crippen LogP contribution in [-0.2, 0) is 9.59 Å². The van der Waals surface area contributed by atoms with Gasteiger partial charge in [0.2, 0.25) is 11.8 Å². The Morgan fingerprint density at radius 1 is 1.42 bits per heavy atom.